The van der Waals surface area contributed by atoms with Gasteiger partial charge in [0.15, 0.2) is 5.78 Å². The molecule has 0 saturated carbocycles. The summed E-state index contributed by atoms with van der Waals surface area (Å²) in [6.07, 6.45) is 0.434. The normalized spacial score (nSPS) is 22.0. The van der Waals surface area contributed by atoms with E-state index in [1.807, 2.05) is 14.1 Å². The number of Topliss-reactive ketones (excluding diaryl/α,β-unsaturated/α-hetero) is 1. The molecule has 1 heterocycles. The van der Waals surface area contributed by atoms with Gasteiger partial charge in [-0.05, 0) is 31.8 Å². The highest BCUT2D eigenvalue weighted by atomic mass is 16.3. The molecule has 1 unspecified atom stereocenters. The molecule has 1 atom stereocenters. The number of hydrogen-bond donors (Lipinski definition) is 1. The van der Waals surface area contributed by atoms with Crippen molar-refractivity contribution in [2.45, 2.75) is 12.5 Å². The number of benzene rings is 1. The maximum absolute atomic E-state index is 12.3. The van der Waals surface area contributed by atoms with E-state index in [0.717, 1.165) is 25.2 Å². The Morgan fingerprint density at radius 3 is 2.61 bits per heavy atom. The molecule has 18 heavy (non-hydrogen) atoms. The summed E-state index contributed by atoms with van der Waals surface area (Å²) in [6, 6.07) is 6.84. The minimum Gasteiger partial charge on any atom is -0.508 e. The molecule has 98 valence electrons. The molecule has 1 saturated heterocycles. The van der Waals surface area contributed by atoms with E-state index in [1.165, 1.54) is 0 Å². The van der Waals surface area contributed by atoms with E-state index in [4.69, 9.17) is 0 Å². The molecule has 0 spiro atoms. The molecule has 2 rings (SSSR count). The number of phenols is 1. The minimum absolute atomic E-state index is 0.0162. The number of ketones is 1. The molecule has 1 aliphatic heterocycles. The van der Waals surface area contributed by atoms with Gasteiger partial charge in [-0.2, -0.15) is 0 Å². The van der Waals surface area contributed by atoms with Crippen LogP contribution in [-0.4, -0.2) is 60.5 Å². The quantitative estimate of drug-likeness (QED) is 0.857. The first-order valence-corrected chi connectivity index (χ1v) is 6.25. The largest absolute Gasteiger partial charge is 0.508 e. The first-order chi connectivity index (χ1) is 8.56. The second kappa shape index (κ2) is 5.50. The van der Waals surface area contributed by atoms with Gasteiger partial charge in [-0.3, -0.25) is 9.69 Å². The summed E-state index contributed by atoms with van der Waals surface area (Å²) in [5.41, 5.74) is 0.958. The second-order valence-electron chi connectivity index (χ2n) is 5.07. The summed E-state index contributed by atoms with van der Waals surface area (Å²) in [4.78, 5) is 16.6. The number of phenolic OH excluding ortho intramolecular Hbond substituents is 1. The minimum atomic E-state index is -0.0162. The third kappa shape index (κ3) is 3.09. The highest BCUT2D eigenvalue weighted by Crippen LogP contribution is 2.13. The number of nitrogens with zero attached hydrogens (tertiary/aromatic N) is 2. The van der Waals surface area contributed by atoms with Crippen LogP contribution in [0, 0.1) is 0 Å². The van der Waals surface area contributed by atoms with Gasteiger partial charge in [0.05, 0.1) is 6.04 Å². The van der Waals surface area contributed by atoms with Crippen LogP contribution in [0.4, 0.5) is 0 Å². The Labute approximate surface area is 108 Å². The zero-order chi connectivity index (χ0) is 13.1. The molecule has 0 bridgehead atoms. The van der Waals surface area contributed by atoms with Crippen molar-refractivity contribution in [2.24, 2.45) is 0 Å². The van der Waals surface area contributed by atoms with Crippen LogP contribution in [0.15, 0.2) is 24.3 Å². The van der Waals surface area contributed by atoms with Crippen molar-refractivity contribution in [1.82, 2.24) is 9.80 Å². The smallest absolute Gasteiger partial charge is 0.155 e. The molecule has 1 aliphatic rings. The van der Waals surface area contributed by atoms with Gasteiger partial charge >= 0.3 is 0 Å². The number of carbonyl (C=O) groups is 1. The van der Waals surface area contributed by atoms with Crippen LogP contribution in [0.25, 0.3) is 0 Å². The Balaban J connectivity index is 2.00. The molecule has 1 aromatic carbocycles. The van der Waals surface area contributed by atoms with Gasteiger partial charge in [-0.15, -0.1) is 0 Å². The van der Waals surface area contributed by atoms with E-state index >= 15 is 0 Å². The molecular weight excluding hydrogens is 228 g/mol. The highest BCUT2D eigenvalue weighted by Gasteiger charge is 2.27. The Morgan fingerprint density at radius 1 is 1.28 bits per heavy atom. The van der Waals surface area contributed by atoms with Crippen molar-refractivity contribution in [3.05, 3.63) is 29.8 Å². The molecule has 0 radical (unpaired) electrons. The Bertz CT molecular complexity index is 416. The third-order valence-electron chi connectivity index (χ3n) is 3.54. The molecule has 4 nitrogen and oxygen atoms in total. The zero-order valence-electron chi connectivity index (χ0n) is 11.0. The van der Waals surface area contributed by atoms with Gasteiger partial charge in [0.1, 0.15) is 5.75 Å². The number of aromatic hydroxyl groups is 1. The lowest BCUT2D eigenvalue weighted by atomic mass is 10.0. The van der Waals surface area contributed by atoms with Crippen molar-refractivity contribution in [1.29, 1.82) is 0 Å². The molecular formula is C14H20N2O2. The Morgan fingerprint density at radius 2 is 1.94 bits per heavy atom. The first kappa shape index (κ1) is 13.1. The van der Waals surface area contributed by atoms with Gasteiger partial charge in [0.25, 0.3) is 0 Å². The fraction of sp³-hybridized carbons (Fsp3) is 0.500. The highest BCUT2D eigenvalue weighted by molar-refractivity contribution is 5.86. The van der Waals surface area contributed by atoms with E-state index in [2.05, 4.69) is 9.80 Å². The number of hydrogen-bond acceptors (Lipinski definition) is 4. The Kier molecular flexibility index (Phi) is 3.99. The van der Waals surface area contributed by atoms with Crippen LogP contribution >= 0.6 is 0 Å². The van der Waals surface area contributed by atoms with Crippen molar-refractivity contribution in [2.75, 3.05) is 33.7 Å². The van der Waals surface area contributed by atoms with Crippen LogP contribution in [-0.2, 0) is 11.2 Å². The number of likely N-dealkylation sites (N-methyl/N-ethyl adjacent to an activating group) is 2. The average Bonchev–Trinajstić information content (AvgIpc) is 2.35. The maximum Gasteiger partial charge on any atom is 0.155 e. The van der Waals surface area contributed by atoms with Crippen LogP contribution in [0.5, 0.6) is 5.75 Å². The lowest BCUT2D eigenvalue weighted by Gasteiger charge is -2.36. The molecule has 4 heteroatoms. The van der Waals surface area contributed by atoms with Crippen LogP contribution < -0.4 is 0 Å². The van der Waals surface area contributed by atoms with Gasteiger partial charge in [-0.1, -0.05) is 12.1 Å². The molecule has 0 aromatic heterocycles. The summed E-state index contributed by atoms with van der Waals surface area (Å²) in [7, 11) is 4.06. The topological polar surface area (TPSA) is 43.8 Å². The van der Waals surface area contributed by atoms with Crippen LogP contribution in [0.1, 0.15) is 5.56 Å². The van der Waals surface area contributed by atoms with E-state index in [-0.39, 0.29) is 17.6 Å². The summed E-state index contributed by atoms with van der Waals surface area (Å²) in [5.74, 6) is 0.482. The molecule has 1 fully saturated rings. The van der Waals surface area contributed by atoms with Gasteiger partial charge in [-0.25, -0.2) is 0 Å². The fourth-order valence-corrected chi connectivity index (χ4v) is 2.29. The van der Waals surface area contributed by atoms with Crippen molar-refractivity contribution in [3.63, 3.8) is 0 Å². The van der Waals surface area contributed by atoms with E-state index < -0.39 is 0 Å². The maximum atomic E-state index is 12.3. The molecule has 1 N–H and O–H groups in total. The van der Waals surface area contributed by atoms with Gasteiger partial charge in [0.2, 0.25) is 0 Å². The molecule has 0 aliphatic carbocycles. The van der Waals surface area contributed by atoms with E-state index in [0.29, 0.717) is 6.42 Å². The first-order valence-electron chi connectivity index (χ1n) is 6.25. The fourth-order valence-electron chi connectivity index (χ4n) is 2.29. The molecule has 0 amide bonds. The van der Waals surface area contributed by atoms with Crippen molar-refractivity contribution >= 4 is 5.78 Å². The number of piperazine rings is 1. The lowest BCUT2D eigenvalue weighted by Crippen LogP contribution is -2.53. The molecule has 1 aromatic rings. The number of carbonyl (C=O) groups excluding carboxylic acids is 1. The predicted molar refractivity (Wildman–Crippen MR) is 70.7 cm³/mol. The lowest BCUT2D eigenvalue weighted by molar-refractivity contribution is -0.125. The standard InChI is InChI=1S/C14H20N2O2/c1-15-7-8-16(2)13(10-15)14(18)9-11-3-5-12(17)6-4-11/h3-6,13,17H,7-10H2,1-2H3. The van der Waals surface area contributed by atoms with E-state index in [9.17, 15) is 9.90 Å². The zero-order valence-corrected chi connectivity index (χ0v) is 11.0. The number of rotatable bonds is 3. The summed E-state index contributed by atoms with van der Waals surface area (Å²) in [5, 5.41) is 9.22. The third-order valence-corrected chi connectivity index (χ3v) is 3.54. The summed E-state index contributed by atoms with van der Waals surface area (Å²) in [6.45, 7) is 2.75. The predicted octanol–water partition coefficient (Wildman–Crippen LogP) is 0.750. The van der Waals surface area contributed by atoms with Crippen LogP contribution in [0.3, 0.4) is 0 Å². The second-order valence-corrected chi connectivity index (χ2v) is 5.07. The Hall–Kier alpha value is -1.39. The van der Waals surface area contributed by atoms with Crippen LogP contribution in [0.2, 0.25) is 0 Å². The van der Waals surface area contributed by atoms with Gasteiger partial charge in [0, 0.05) is 26.1 Å². The van der Waals surface area contributed by atoms with Crippen molar-refractivity contribution in [3.8, 4) is 5.75 Å². The van der Waals surface area contributed by atoms with E-state index in [1.54, 1.807) is 24.3 Å². The summed E-state index contributed by atoms with van der Waals surface area (Å²) < 4.78 is 0. The average molecular weight is 248 g/mol. The monoisotopic (exact) mass is 248 g/mol. The van der Waals surface area contributed by atoms with Crippen molar-refractivity contribution < 1.29 is 9.90 Å². The van der Waals surface area contributed by atoms with Gasteiger partial charge < -0.3 is 10.0 Å². The SMILES string of the molecule is CN1CCN(C)C(C(=O)Cc2ccc(O)cc2)C1. The summed E-state index contributed by atoms with van der Waals surface area (Å²) >= 11 is 0.